The van der Waals surface area contributed by atoms with Crippen LogP contribution in [0.3, 0.4) is 0 Å². The van der Waals surface area contributed by atoms with Crippen LogP contribution < -0.4 is 26.4 Å². The van der Waals surface area contributed by atoms with Gasteiger partial charge in [0.05, 0.1) is 6.20 Å². The average molecular weight is 398 g/mol. The van der Waals surface area contributed by atoms with Crippen molar-refractivity contribution in [2.45, 2.75) is 56.7 Å². The fourth-order valence-corrected chi connectivity index (χ4v) is 3.53. The van der Waals surface area contributed by atoms with E-state index in [1.54, 1.807) is 16.8 Å². The molecular weight excluding hydrogens is 376 g/mol. The first-order chi connectivity index (χ1) is 14.0. The highest BCUT2D eigenvalue weighted by molar-refractivity contribution is 6.14. The zero-order chi connectivity index (χ0) is 20.0. The summed E-state index contributed by atoms with van der Waals surface area (Å²) < 4.78 is 7.64. The maximum Gasteiger partial charge on any atom is 0.326 e. The number of nitrogens with two attached hydrogens (primary N) is 1. The molecule has 5 N–H and O–H groups in total. The van der Waals surface area contributed by atoms with Gasteiger partial charge >= 0.3 is 12.0 Å². The van der Waals surface area contributed by atoms with Crippen molar-refractivity contribution < 1.29 is 14.3 Å². The minimum Gasteiger partial charge on any atom is -0.460 e. The maximum atomic E-state index is 11.9. The highest BCUT2D eigenvalue weighted by atomic mass is 16.5. The van der Waals surface area contributed by atoms with Crippen LogP contribution in [0.25, 0.3) is 11.7 Å². The van der Waals surface area contributed by atoms with Crippen molar-refractivity contribution in [2.24, 2.45) is 5.73 Å². The minimum absolute atomic E-state index is 0.0237. The second-order valence-corrected chi connectivity index (χ2v) is 7.70. The molecule has 152 valence electrons. The van der Waals surface area contributed by atoms with Crippen molar-refractivity contribution in [1.82, 2.24) is 30.2 Å². The third-order valence-corrected chi connectivity index (χ3v) is 5.30. The summed E-state index contributed by atoms with van der Waals surface area (Å²) in [5.41, 5.74) is 7.19. The Labute approximate surface area is 166 Å². The molecular formula is C18H22N8O3. The van der Waals surface area contributed by atoms with Crippen molar-refractivity contribution >= 4 is 29.6 Å². The topological polar surface area (TPSA) is 149 Å². The second-order valence-electron chi connectivity index (χ2n) is 7.70. The third kappa shape index (κ3) is 3.73. The molecule has 1 saturated heterocycles. The van der Waals surface area contributed by atoms with E-state index in [0.29, 0.717) is 23.2 Å². The van der Waals surface area contributed by atoms with Crippen LogP contribution in [-0.2, 0) is 4.79 Å². The van der Waals surface area contributed by atoms with Crippen LogP contribution in [0, 0.1) is 0 Å². The van der Waals surface area contributed by atoms with E-state index in [2.05, 4.69) is 31.0 Å². The third-order valence-electron chi connectivity index (χ3n) is 5.30. The lowest BCUT2D eigenvalue weighted by Crippen LogP contribution is -2.32. The van der Waals surface area contributed by atoms with Gasteiger partial charge in [-0.05, 0) is 44.6 Å². The number of anilines is 1. The van der Waals surface area contributed by atoms with Gasteiger partial charge in [-0.2, -0.15) is 19.6 Å². The lowest BCUT2D eigenvalue weighted by molar-refractivity contribution is -0.115. The number of carbonyl (C=O) groups is 2. The van der Waals surface area contributed by atoms with E-state index in [1.165, 1.54) is 0 Å². The van der Waals surface area contributed by atoms with Crippen LogP contribution in [-0.4, -0.2) is 49.7 Å². The quantitative estimate of drug-likeness (QED) is 0.421. The molecule has 3 fully saturated rings. The van der Waals surface area contributed by atoms with Crippen molar-refractivity contribution in [2.75, 3.05) is 5.32 Å². The van der Waals surface area contributed by atoms with Crippen molar-refractivity contribution in [3.8, 4) is 6.01 Å². The summed E-state index contributed by atoms with van der Waals surface area (Å²) in [7, 11) is 0. The first-order valence-corrected chi connectivity index (χ1v) is 9.84. The van der Waals surface area contributed by atoms with Crippen LogP contribution in [0.5, 0.6) is 6.01 Å². The predicted molar refractivity (Wildman–Crippen MR) is 103 cm³/mol. The predicted octanol–water partition coefficient (Wildman–Crippen LogP) is 0.528. The van der Waals surface area contributed by atoms with Crippen molar-refractivity contribution in [3.63, 3.8) is 0 Å². The number of nitrogens with zero attached hydrogens (tertiary/aromatic N) is 4. The van der Waals surface area contributed by atoms with Crippen molar-refractivity contribution in [3.05, 3.63) is 17.5 Å². The van der Waals surface area contributed by atoms with Crippen LogP contribution in [0.4, 0.5) is 10.7 Å². The molecule has 11 nitrogen and oxygen atoms in total. The molecule has 0 spiro atoms. The molecule has 5 rings (SSSR count). The smallest absolute Gasteiger partial charge is 0.326 e. The number of rotatable bonds is 5. The zero-order valence-electron chi connectivity index (χ0n) is 15.7. The molecule has 0 unspecified atom stereocenters. The van der Waals surface area contributed by atoms with Gasteiger partial charge in [0, 0.05) is 17.6 Å². The first kappa shape index (κ1) is 17.9. The number of hydrogen-bond donors (Lipinski definition) is 4. The van der Waals surface area contributed by atoms with Crippen LogP contribution in [0.15, 0.2) is 11.9 Å². The summed E-state index contributed by atoms with van der Waals surface area (Å²) >= 11 is 0. The van der Waals surface area contributed by atoms with Gasteiger partial charge in [0.2, 0.25) is 5.95 Å². The normalized spacial score (nSPS) is 25.9. The van der Waals surface area contributed by atoms with Gasteiger partial charge in [0.15, 0.2) is 5.65 Å². The minimum atomic E-state index is -0.553. The number of fused-ring (bicyclic) bond motifs is 1. The highest BCUT2D eigenvalue weighted by Gasteiger charge is 2.27. The molecule has 1 aliphatic heterocycles. The molecule has 2 aromatic rings. The Hall–Kier alpha value is -3.21. The van der Waals surface area contributed by atoms with Gasteiger partial charge in [-0.25, -0.2) is 4.79 Å². The SMILES string of the molecule is N[C@H]1CC[C@H](Oc2nc(NC3CC3)n3ncc(/C=C4\NC(=O)NC4=O)c3n2)CC1. The Morgan fingerprint density at radius 2 is 1.93 bits per heavy atom. The summed E-state index contributed by atoms with van der Waals surface area (Å²) in [5.74, 6) is 0.0549. The first-order valence-electron chi connectivity index (χ1n) is 9.84. The monoisotopic (exact) mass is 398 g/mol. The summed E-state index contributed by atoms with van der Waals surface area (Å²) in [6, 6.07) is 0.301. The van der Waals surface area contributed by atoms with E-state index in [1.807, 2.05) is 0 Å². The molecule has 3 aliphatic rings. The van der Waals surface area contributed by atoms with E-state index < -0.39 is 11.9 Å². The molecule has 2 saturated carbocycles. The van der Waals surface area contributed by atoms with E-state index in [-0.39, 0.29) is 23.9 Å². The van der Waals surface area contributed by atoms with Crippen molar-refractivity contribution in [1.29, 1.82) is 0 Å². The van der Waals surface area contributed by atoms with E-state index in [0.717, 1.165) is 38.5 Å². The number of carbonyl (C=O) groups excluding carboxylic acids is 2. The number of aromatic nitrogens is 4. The molecule has 29 heavy (non-hydrogen) atoms. The summed E-state index contributed by atoms with van der Waals surface area (Å²) in [5, 5.41) is 12.3. The standard InChI is InChI=1S/C18H22N8O3/c19-10-1-5-12(6-2-10)29-18-23-14-9(7-13-15(27)24-17(28)22-13)8-20-26(14)16(25-18)21-11-3-4-11/h7-8,10-12H,1-6,19H2,(H,21,23,25)(H2,22,24,27,28)/b13-7-/t10-,12-. The molecule has 2 aromatic heterocycles. The fraction of sp³-hybridized carbons (Fsp3) is 0.500. The largest absolute Gasteiger partial charge is 0.460 e. The Kier molecular flexibility index (Phi) is 4.31. The van der Waals surface area contributed by atoms with Crippen LogP contribution >= 0.6 is 0 Å². The van der Waals surface area contributed by atoms with Gasteiger partial charge < -0.3 is 21.1 Å². The zero-order valence-corrected chi connectivity index (χ0v) is 15.7. The fourth-order valence-electron chi connectivity index (χ4n) is 3.53. The van der Waals surface area contributed by atoms with Gasteiger partial charge in [-0.1, -0.05) is 0 Å². The van der Waals surface area contributed by atoms with Gasteiger partial charge in [0.25, 0.3) is 5.91 Å². The van der Waals surface area contributed by atoms with Gasteiger partial charge in [0.1, 0.15) is 11.8 Å². The van der Waals surface area contributed by atoms with Crippen LogP contribution in [0.1, 0.15) is 44.1 Å². The molecule has 0 aromatic carbocycles. The van der Waals surface area contributed by atoms with Crippen LogP contribution in [0.2, 0.25) is 0 Å². The van der Waals surface area contributed by atoms with E-state index in [4.69, 9.17) is 10.5 Å². The maximum absolute atomic E-state index is 11.9. The molecule has 3 heterocycles. The number of nitrogens with one attached hydrogen (secondary N) is 3. The number of hydrogen-bond acceptors (Lipinski definition) is 8. The Bertz CT molecular complexity index is 1000. The molecule has 3 amide bonds. The number of urea groups is 1. The summed E-state index contributed by atoms with van der Waals surface area (Å²) in [6.45, 7) is 0. The molecule has 0 radical (unpaired) electrons. The van der Waals surface area contributed by atoms with Gasteiger partial charge in [-0.15, -0.1) is 0 Å². The molecule has 2 aliphatic carbocycles. The molecule has 11 heteroatoms. The Morgan fingerprint density at radius 3 is 2.62 bits per heavy atom. The lowest BCUT2D eigenvalue weighted by atomic mass is 9.94. The highest BCUT2D eigenvalue weighted by Crippen LogP contribution is 2.27. The second kappa shape index (κ2) is 6.99. The van der Waals surface area contributed by atoms with E-state index in [9.17, 15) is 9.59 Å². The molecule has 0 bridgehead atoms. The summed E-state index contributed by atoms with van der Waals surface area (Å²) in [4.78, 5) is 32.3. The Balaban J connectivity index is 1.49. The van der Waals surface area contributed by atoms with Gasteiger partial charge in [-0.3, -0.25) is 10.1 Å². The number of imide groups is 1. The lowest BCUT2D eigenvalue weighted by Gasteiger charge is -2.25. The molecule has 0 atom stereocenters. The summed E-state index contributed by atoms with van der Waals surface area (Å²) in [6.07, 6.45) is 8.86. The average Bonchev–Trinajstić information content (AvgIpc) is 3.33. The Morgan fingerprint density at radius 1 is 1.14 bits per heavy atom. The van der Waals surface area contributed by atoms with E-state index >= 15 is 0 Å². The number of amides is 3. The number of ether oxygens (including phenoxy) is 1.